The van der Waals surface area contributed by atoms with Crippen LogP contribution in [0.25, 0.3) is 6.08 Å². The summed E-state index contributed by atoms with van der Waals surface area (Å²) in [4.78, 5) is 0.192. The molecule has 7 heteroatoms. The number of nitrogens with zero attached hydrogens (tertiary/aromatic N) is 1. The first-order valence-corrected chi connectivity index (χ1v) is 14.0. The summed E-state index contributed by atoms with van der Waals surface area (Å²) in [6.45, 7) is 7.50. The third kappa shape index (κ3) is 8.09. The first-order chi connectivity index (χ1) is 16.5. The second-order valence-corrected chi connectivity index (χ2v) is 12.9. The van der Waals surface area contributed by atoms with Crippen molar-refractivity contribution in [1.29, 1.82) is 0 Å². The summed E-state index contributed by atoms with van der Waals surface area (Å²) in [5.74, 6) is 0. The Hall–Kier alpha value is -2.87. The smallest absolute Gasteiger partial charge is 0.234 e. The molecular formula is C28H32N2O3S2. The van der Waals surface area contributed by atoms with Crippen LogP contribution in [0.4, 0.5) is 0 Å². The first kappa shape index (κ1) is 26.7. The molecule has 0 aliphatic rings. The molecule has 0 spiro atoms. The van der Waals surface area contributed by atoms with Gasteiger partial charge in [-0.25, -0.2) is 17.3 Å². The van der Waals surface area contributed by atoms with Crippen LogP contribution in [-0.2, 0) is 21.0 Å². The van der Waals surface area contributed by atoms with E-state index in [1.54, 1.807) is 24.3 Å². The van der Waals surface area contributed by atoms with Crippen LogP contribution in [-0.4, -0.2) is 29.1 Å². The minimum absolute atomic E-state index is 0.192. The van der Waals surface area contributed by atoms with Gasteiger partial charge in [-0.2, -0.15) is 4.40 Å². The summed E-state index contributed by atoms with van der Waals surface area (Å²) in [6.07, 6.45) is 3.94. The van der Waals surface area contributed by atoms with E-state index < -0.39 is 31.8 Å². The van der Waals surface area contributed by atoms with E-state index >= 15 is 0 Å². The van der Waals surface area contributed by atoms with Crippen LogP contribution in [0.3, 0.4) is 0 Å². The van der Waals surface area contributed by atoms with Crippen LogP contribution in [0.1, 0.15) is 43.9 Å². The lowest BCUT2D eigenvalue weighted by molar-refractivity contribution is 0.573. The molecular weight excluding hydrogens is 476 g/mol. The summed E-state index contributed by atoms with van der Waals surface area (Å²) in [6, 6.07) is 25.2. The Morgan fingerprint density at radius 1 is 0.943 bits per heavy atom. The van der Waals surface area contributed by atoms with Crippen molar-refractivity contribution >= 4 is 32.8 Å². The highest BCUT2D eigenvalue weighted by Gasteiger charge is 2.24. The van der Waals surface area contributed by atoms with Gasteiger partial charge in [-0.05, 0) is 51.0 Å². The van der Waals surface area contributed by atoms with Gasteiger partial charge in [0.1, 0.15) is 11.0 Å². The molecule has 0 aliphatic heterocycles. The van der Waals surface area contributed by atoms with Gasteiger partial charge in [-0.15, -0.1) is 0 Å². The van der Waals surface area contributed by atoms with Gasteiger partial charge in [-0.1, -0.05) is 90.5 Å². The SMILES string of the molecule is Cc1ccc(S(=O)(=O)N[C@H](/C=C/c2ccccc2)C/C(=N/S(=O)C(C)(C)C)c2ccccc2)cc1. The van der Waals surface area contributed by atoms with Crippen LogP contribution in [0.15, 0.2) is 100 Å². The molecule has 0 heterocycles. The molecule has 0 fully saturated rings. The standard InChI is InChI=1S/C28H32N2O3S2/c1-22-15-19-26(20-16-22)35(32,33)30-25(18-17-23-11-7-5-8-12-23)21-27(24-13-9-6-10-14-24)29-34(31)28(2,3)4/h5-20,25,30H,21H2,1-4H3/b18-17+,29-27-/t25-,34?/m1/s1. The van der Waals surface area contributed by atoms with E-state index in [-0.39, 0.29) is 11.3 Å². The molecule has 1 N–H and O–H groups in total. The highest BCUT2D eigenvalue weighted by molar-refractivity contribution is 7.89. The molecule has 0 radical (unpaired) electrons. The monoisotopic (exact) mass is 508 g/mol. The topological polar surface area (TPSA) is 75.6 Å². The van der Waals surface area contributed by atoms with Crippen LogP contribution < -0.4 is 4.72 Å². The fourth-order valence-electron chi connectivity index (χ4n) is 3.21. The number of sulfonamides is 1. The number of benzene rings is 3. The molecule has 5 nitrogen and oxygen atoms in total. The number of hydrogen-bond donors (Lipinski definition) is 1. The Morgan fingerprint density at radius 2 is 1.51 bits per heavy atom. The van der Waals surface area contributed by atoms with Crippen LogP contribution in [0, 0.1) is 6.92 Å². The van der Waals surface area contributed by atoms with Gasteiger partial charge in [-0.3, -0.25) is 0 Å². The quantitative estimate of drug-likeness (QED) is 0.377. The molecule has 2 atom stereocenters. The van der Waals surface area contributed by atoms with Crippen molar-refractivity contribution in [3.05, 3.63) is 108 Å². The maximum atomic E-state index is 13.2. The Balaban J connectivity index is 2.00. The maximum Gasteiger partial charge on any atom is 0.241 e. The fraction of sp³-hybridized carbons (Fsp3) is 0.250. The second-order valence-electron chi connectivity index (χ2n) is 9.28. The molecule has 3 aromatic rings. The molecule has 0 bridgehead atoms. The molecule has 0 aromatic heterocycles. The molecule has 184 valence electrons. The first-order valence-electron chi connectivity index (χ1n) is 11.4. The zero-order valence-electron chi connectivity index (χ0n) is 20.5. The van der Waals surface area contributed by atoms with Crippen molar-refractivity contribution in [2.45, 2.75) is 49.8 Å². The summed E-state index contributed by atoms with van der Waals surface area (Å²) < 4.78 is 46.2. The minimum atomic E-state index is -3.80. The van der Waals surface area contributed by atoms with Crippen LogP contribution >= 0.6 is 0 Å². The average molecular weight is 509 g/mol. The number of hydrogen-bond acceptors (Lipinski definition) is 3. The molecule has 0 saturated heterocycles. The summed E-state index contributed by atoms with van der Waals surface area (Å²) >= 11 is 0. The van der Waals surface area contributed by atoms with Crippen LogP contribution in [0.5, 0.6) is 0 Å². The molecule has 3 rings (SSSR count). The Kier molecular flexibility index (Phi) is 8.94. The third-order valence-corrected chi connectivity index (χ3v) is 8.14. The van der Waals surface area contributed by atoms with Crippen molar-refractivity contribution in [3.8, 4) is 0 Å². The van der Waals surface area contributed by atoms with Gasteiger partial charge in [0.05, 0.1) is 15.4 Å². The Labute approximate surface area is 211 Å². The number of nitrogens with one attached hydrogen (secondary N) is 1. The third-order valence-electron chi connectivity index (χ3n) is 5.20. The van der Waals surface area contributed by atoms with Crippen molar-refractivity contribution < 1.29 is 12.6 Å². The molecule has 0 aliphatic carbocycles. The summed E-state index contributed by atoms with van der Waals surface area (Å²) in [5, 5.41) is 0. The normalized spacial score (nSPS) is 14.7. The van der Waals surface area contributed by atoms with E-state index in [1.165, 1.54) is 0 Å². The van der Waals surface area contributed by atoms with E-state index in [9.17, 15) is 12.6 Å². The van der Waals surface area contributed by atoms with Gasteiger partial charge >= 0.3 is 0 Å². The zero-order chi connectivity index (χ0) is 25.5. The van der Waals surface area contributed by atoms with E-state index in [2.05, 4.69) is 9.12 Å². The molecule has 1 unspecified atom stereocenters. The molecule has 35 heavy (non-hydrogen) atoms. The van der Waals surface area contributed by atoms with Crippen molar-refractivity contribution in [2.24, 2.45) is 4.40 Å². The number of aryl methyl sites for hydroxylation is 1. The van der Waals surface area contributed by atoms with Gasteiger partial charge in [0.15, 0.2) is 0 Å². The van der Waals surface area contributed by atoms with E-state index in [1.807, 2.05) is 101 Å². The van der Waals surface area contributed by atoms with E-state index in [0.29, 0.717) is 5.71 Å². The zero-order valence-corrected chi connectivity index (χ0v) is 22.1. The summed E-state index contributed by atoms with van der Waals surface area (Å²) in [5.41, 5.74) is 3.31. The highest BCUT2D eigenvalue weighted by Crippen LogP contribution is 2.18. The molecule has 3 aromatic carbocycles. The molecule has 0 amide bonds. The predicted octanol–water partition coefficient (Wildman–Crippen LogP) is 5.70. The van der Waals surface area contributed by atoms with Gasteiger partial charge in [0.2, 0.25) is 10.0 Å². The minimum Gasteiger partial charge on any atom is -0.234 e. The summed E-state index contributed by atoms with van der Waals surface area (Å²) in [7, 11) is -5.30. The lowest BCUT2D eigenvalue weighted by Gasteiger charge is -2.19. The highest BCUT2D eigenvalue weighted by atomic mass is 32.2. The predicted molar refractivity (Wildman–Crippen MR) is 146 cm³/mol. The maximum absolute atomic E-state index is 13.2. The largest absolute Gasteiger partial charge is 0.241 e. The number of rotatable bonds is 9. The van der Waals surface area contributed by atoms with Crippen molar-refractivity contribution in [2.75, 3.05) is 0 Å². The van der Waals surface area contributed by atoms with E-state index in [0.717, 1.165) is 16.7 Å². The van der Waals surface area contributed by atoms with Gasteiger partial charge < -0.3 is 0 Å². The van der Waals surface area contributed by atoms with Crippen molar-refractivity contribution in [3.63, 3.8) is 0 Å². The van der Waals surface area contributed by atoms with Gasteiger partial charge in [0, 0.05) is 12.5 Å². The van der Waals surface area contributed by atoms with Crippen LogP contribution in [0.2, 0.25) is 0 Å². The van der Waals surface area contributed by atoms with Gasteiger partial charge in [0.25, 0.3) is 0 Å². The lowest BCUT2D eigenvalue weighted by atomic mass is 10.0. The molecule has 0 saturated carbocycles. The lowest BCUT2D eigenvalue weighted by Crippen LogP contribution is -2.35. The fourth-order valence-corrected chi connectivity index (χ4v) is 5.05. The Morgan fingerprint density at radius 3 is 2.09 bits per heavy atom. The average Bonchev–Trinajstić information content (AvgIpc) is 2.82. The van der Waals surface area contributed by atoms with Crippen molar-refractivity contribution in [1.82, 2.24) is 4.72 Å². The Bertz CT molecular complexity index is 1290. The van der Waals surface area contributed by atoms with E-state index in [4.69, 9.17) is 0 Å². The second kappa shape index (κ2) is 11.7.